The Morgan fingerprint density at radius 2 is 2.20 bits per heavy atom. The summed E-state index contributed by atoms with van der Waals surface area (Å²) >= 11 is 0. The fraction of sp³-hybridized carbons (Fsp3) is 0.923. The Morgan fingerprint density at radius 3 is 2.70 bits per heavy atom. The number of rotatable bonds is 7. The molecule has 2 fully saturated rings. The largest absolute Gasteiger partial charge is 0.381 e. The normalized spacial score (nSPS) is 25.4. The van der Waals surface area contributed by atoms with Crippen LogP contribution in [0.4, 0.5) is 0 Å². The van der Waals surface area contributed by atoms with Crippen LogP contribution < -0.4 is 0 Å². The van der Waals surface area contributed by atoms with Gasteiger partial charge in [-0.2, -0.15) is 9.57 Å². The molecule has 0 spiro atoms. The van der Waals surface area contributed by atoms with Gasteiger partial charge < -0.3 is 9.47 Å². The molecule has 2 atom stereocenters. The molecular formula is C13H22N2O4S. The van der Waals surface area contributed by atoms with Gasteiger partial charge in [0, 0.05) is 25.7 Å². The van der Waals surface area contributed by atoms with E-state index in [0.29, 0.717) is 6.61 Å². The molecule has 114 valence electrons. The predicted octanol–water partition coefficient (Wildman–Crippen LogP) is 0.746. The molecule has 7 heteroatoms. The first-order valence-corrected chi connectivity index (χ1v) is 8.66. The Hall–Kier alpha value is -0.680. The minimum Gasteiger partial charge on any atom is -0.381 e. The molecular weight excluding hydrogens is 280 g/mol. The highest BCUT2D eigenvalue weighted by Crippen LogP contribution is 2.30. The molecule has 1 saturated carbocycles. The Labute approximate surface area is 120 Å². The first kappa shape index (κ1) is 15.7. The van der Waals surface area contributed by atoms with Gasteiger partial charge in [0.15, 0.2) is 0 Å². The molecule has 1 aliphatic carbocycles. The summed E-state index contributed by atoms with van der Waals surface area (Å²) in [5.74, 6) is 0.0575. The van der Waals surface area contributed by atoms with Gasteiger partial charge in [-0.05, 0) is 25.7 Å². The Balaban J connectivity index is 2.02. The van der Waals surface area contributed by atoms with Gasteiger partial charge in [-0.25, -0.2) is 8.42 Å². The number of hydrogen-bond donors (Lipinski definition) is 0. The van der Waals surface area contributed by atoms with Crippen molar-refractivity contribution in [2.45, 2.75) is 37.8 Å². The predicted molar refractivity (Wildman–Crippen MR) is 73.5 cm³/mol. The van der Waals surface area contributed by atoms with Gasteiger partial charge in [0.1, 0.15) is 6.54 Å². The van der Waals surface area contributed by atoms with Crippen molar-refractivity contribution in [3.05, 3.63) is 0 Å². The van der Waals surface area contributed by atoms with E-state index in [0.717, 1.165) is 32.3 Å². The van der Waals surface area contributed by atoms with E-state index in [1.54, 1.807) is 7.11 Å². The minimum atomic E-state index is -3.45. The Bertz CT molecular complexity index is 449. The number of nitrogens with zero attached hydrogens (tertiary/aromatic N) is 2. The lowest BCUT2D eigenvalue weighted by Crippen LogP contribution is -2.42. The molecule has 0 aromatic heterocycles. The van der Waals surface area contributed by atoms with Crippen LogP contribution in [0.2, 0.25) is 0 Å². The summed E-state index contributed by atoms with van der Waals surface area (Å²) in [7, 11) is -1.91. The van der Waals surface area contributed by atoms with E-state index in [1.165, 1.54) is 4.31 Å². The molecule has 2 aliphatic rings. The van der Waals surface area contributed by atoms with Gasteiger partial charge in [0.2, 0.25) is 10.0 Å². The lowest BCUT2D eigenvalue weighted by molar-refractivity contribution is -0.0192. The molecule has 6 nitrogen and oxygen atoms in total. The highest BCUT2D eigenvalue weighted by Gasteiger charge is 2.39. The zero-order chi connectivity index (χ0) is 14.6. The van der Waals surface area contributed by atoms with Gasteiger partial charge in [-0.15, -0.1) is 0 Å². The van der Waals surface area contributed by atoms with E-state index in [2.05, 4.69) is 0 Å². The van der Waals surface area contributed by atoms with Gasteiger partial charge in [0.25, 0.3) is 0 Å². The summed E-state index contributed by atoms with van der Waals surface area (Å²) < 4.78 is 37.1. The third kappa shape index (κ3) is 3.92. The van der Waals surface area contributed by atoms with Gasteiger partial charge in [-0.1, -0.05) is 0 Å². The van der Waals surface area contributed by atoms with Crippen molar-refractivity contribution >= 4 is 10.0 Å². The maximum atomic E-state index is 12.5. The van der Waals surface area contributed by atoms with Crippen LogP contribution in [-0.4, -0.2) is 57.5 Å². The average molecular weight is 302 g/mol. The third-order valence-corrected chi connectivity index (χ3v) is 5.83. The van der Waals surface area contributed by atoms with Crippen LogP contribution in [-0.2, 0) is 19.5 Å². The minimum absolute atomic E-state index is 0.0137. The van der Waals surface area contributed by atoms with Crippen molar-refractivity contribution in [1.29, 1.82) is 5.26 Å². The molecule has 20 heavy (non-hydrogen) atoms. The molecule has 1 aliphatic heterocycles. The number of methoxy groups -OCH3 is 1. The summed E-state index contributed by atoms with van der Waals surface area (Å²) in [4.78, 5) is 0. The van der Waals surface area contributed by atoms with E-state index < -0.39 is 10.0 Å². The molecule has 0 amide bonds. The number of sulfonamides is 1. The Morgan fingerprint density at radius 1 is 1.45 bits per heavy atom. The lowest BCUT2D eigenvalue weighted by Gasteiger charge is -2.30. The second kappa shape index (κ2) is 6.85. The summed E-state index contributed by atoms with van der Waals surface area (Å²) in [5, 5.41) is 8.81. The van der Waals surface area contributed by atoms with Crippen molar-refractivity contribution in [3.63, 3.8) is 0 Å². The molecule has 1 heterocycles. The zero-order valence-electron chi connectivity index (χ0n) is 11.8. The van der Waals surface area contributed by atoms with Crippen LogP contribution in [0.5, 0.6) is 0 Å². The van der Waals surface area contributed by atoms with E-state index in [-0.39, 0.29) is 30.4 Å². The van der Waals surface area contributed by atoms with E-state index in [4.69, 9.17) is 14.7 Å². The van der Waals surface area contributed by atoms with Crippen LogP contribution >= 0.6 is 0 Å². The molecule has 0 aromatic carbocycles. The maximum absolute atomic E-state index is 12.5. The lowest BCUT2D eigenvalue weighted by atomic mass is 9.97. The third-order valence-electron chi connectivity index (χ3n) is 3.94. The van der Waals surface area contributed by atoms with Crippen LogP contribution in [0.15, 0.2) is 0 Å². The maximum Gasteiger partial charge on any atom is 0.217 e. The second-order valence-corrected chi connectivity index (χ2v) is 7.43. The summed E-state index contributed by atoms with van der Waals surface area (Å²) in [6.07, 6.45) is 3.21. The van der Waals surface area contributed by atoms with E-state index in [1.807, 2.05) is 6.07 Å². The molecule has 0 aromatic rings. The monoisotopic (exact) mass is 302 g/mol. The van der Waals surface area contributed by atoms with Crippen LogP contribution in [0.1, 0.15) is 25.7 Å². The standard InChI is InChI=1S/C13H22N2O4S/c1-18-13(11-3-2-8-19-9-11)10-20(16,17)15(7-6-14)12-4-5-12/h11-13H,2-5,7-10H2,1H3. The fourth-order valence-electron chi connectivity index (χ4n) is 2.65. The molecule has 2 unspecified atom stereocenters. The highest BCUT2D eigenvalue weighted by molar-refractivity contribution is 7.89. The van der Waals surface area contributed by atoms with Crippen LogP contribution in [0.3, 0.4) is 0 Å². The smallest absolute Gasteiger partial charge is 0.217 e. The summed E-state index contributed by atoms with van der Waals surface area (Å²) in [6.45, 7) is 1.22. The second-order valence-electron chi connectivity index (χ2n) is 5.46. The van der Waals surface area contributed by atoms with Crippen LogP contribution in [0.25, 0.3) is 0 Å². The first-order chi connectivity index (χ1) is 9.58. The topological polar surface area (TPSA) is 79.6 Å². The summed E-state index contributed by atoms with van der Waals surface area (Å²) in [6, 6.07) is 1.96. The number of nitriles is 1. The fourth-order valence-corrected chi connectivity index (χ4v) is 4.58. The van der Waals surface area contributed by atoms with Gasteiger partial charge >= 0.3 is 0 Å². The molecule has 0 N–H and O–H groups in total. The van der Waals surface area contributed by atoms with E-state index in [9.17, 15) is 8.42 Å². The average Bonchev–Trinajstić information content (AvgIpc) is 3.27. The molecule has 2 rings (SSSR count). The van der Waals surface area contributed by atoms with Crippen molar-refractivity contribution < 1.29 is 17.9 Å². The van der Waals surface area contributed by atoms with Crippen molar-refractivity contribution in [2.75, 3.05) is 32.6 Å². The van der Waals surface area contributed by atoms with E-state index >= 15 is 0 Å². The van der Waals surface area contributed by atoms with Crippen LogP contribution in [0, 0.1) is 17.2 Å². The van der Waals surface area contributed by atoms with Crippen molar-refractivity contribution in [1.82, 2.24) is 4.31 Å². The van der Waals surface area contributed by atoms with Crippen molar-refractivity contribution in [3.8, 4) is 6.07 Å². The molecule has 0 radical (unpaired) electrons. The van der Waals surface area contributed by atoms with Crippen molar-refractivity contribution in [2.24, 2.45) is 5.92 Å². The summed E-state index contributed by atoms with van der Waals surface area (Å²) in [5.41, 5.74) is 0. The molecule has 1 saturated heterocycles. The number of hydrogen-bond acceptors (Lipinski definition) is 5. The quantitative estimate of drug-likeness (QED) is 0.648. The number of ether oxygens (including phenoxy) is 2. The Kier molecular flexibility index (Phi) is 5.38. The van der Waals surface area contributed by atoms with Gasteiger partial charge in [-0.3, -0.25) is 0 Å². The highest BCUT2D eigenvalue weighted by atomic mass is 32.2. The van der Waals surface area contributed by atoms with Gasteiger partial charge in [0.05, 0.1) is 24.5 Å². The first-order valence-electron chi connectivity index (χ1n) is 7.05. The SMILES string of the molecule is COC(CS(=O)(=O)N(CC#N)C1CC1)C1CCCOC1. The molecule has 0 bridgehead atoms. The zero-order valence-corrected chi connectivity index (χ0v) is 12.6.